The average molecular weight is 308 g/mol. The highest BCUT2D eigenvalue weighted by Gasteiger charge is 2.55. The molecule has 0 spiro atoms. The first-order valence-electron chi connectivity index (χ1n) is 7.08. The van der Waals surface area contributed by atoms with Gasteiger partial charge in [-0.25, -0.2) is 0 Å². The first-order chi connectivity index (χ1) is 9.39. The average Bonchev–Trinajstić information content (AvgIpc) is 2.32. The lowest BCUT2D eigenvalue weighted by molar-refractivity contribution is -0.186. The van der Waals surface area contributed by atoms with Gasteiger partial charge >= 0.3 is 6.18 Å². The van der Waals surface area contributed by atoms with Crippen molar-refractivity contribution in [3.05, 3.63) is 0 Å². The van der Waals surface area contributed by atoms with Gasteiger partial charge in [0.2, 0.25) is 11.8 Å². The molecule has 0 bridgehead atoms. The Morgan fingerprint density at radius 2 is 1.62 bits per heavy atom. The van der Waals surface area contributed by atoms with Crippen LogP contribution in [0.15, 0.2) is 0 Å². The van der Waals surface area contributed by atoms with Crippen molar-refractivity contribution in [1.29, 1.82) is 0 Å². The minimum Gasteiger partial charge on any atom is -0.342 e. The number of nitrogens with one attached hydrogen (secondary N) is 1. The summed E-state index contributed by atoms with van der Waals surface area (Å²) in [5.74, 6) is -1.17. The third kappa shape index (κ3) is 3.32. The molecule has 1 aliphatic heterocycles. The quantitative estimate of drug-likeness (QED) is 0.871. The van der Waals surface area contributed by atoms with Crippen LogP contribution in [-0.2, 0) is 9.59 Å². The first kappa shape index (κ1) is 17.8. The van der Waals surface area contributed by atoms with Crippen molar-refractivity contribution in [3.63, 3.8) is 0 Å². The Balaban J connectivity index is 3.30. The molecule has 7 heteroatoms. The van der Waals surface area contributed by atoms with Gasteiger partial charge in [0.05, 0.1) is 0 Å². The molecule has 1 atom stereocenters. The lowest BCUT2D eigenvalue weighted by Crippen LogP contribution is -2.73. The van der Waals surface area contributed by atoms with E-state index in [1.807, 2.05) is 0 Å². The Morgan fingerprint density at radius 1 is 1.14 bits per heavy atom. The minimum absolute atomic E-state index is 0.147. The molecule has 2 amide bonds. The molecule has 1 heterocycles. The fraction of sp³-hybridized carbons (Fsp3) is 0.857. The van der Waals surface area contributed by atoms with Crippen LogP contribution >= 0.6 is 0 Å². The van der Waals surface area contributed by atoms with Crippen molar-refractivity contribution in [2.24, 2.45) is 5.41 Å². The molecule has 1 fully saturated rings. The largest absolute Gasteiger partial charge is 0.406 e. The maximum Gasteiger partial charge on any atom is 0.406 e. The van der Waals surface area contributed by atoms with Gasteiger partial charge in [-0.15, -0.1) is 0 Å². The van der Waals surface area contributed by atoms with Crippen molar-refractivity contribution in [1.82, 2.24) is 10.2 Å². The molecule has 0 saturated carbocycles. The predicted molar refractivity (Wildman–Crippen MR) is 72.5 cm³/mol. The van der Waals surface area contributed by atoms with E-state index >= 15 is 0 Å². The number of carbonyl (C=O) groups is 2. The van der Waals surface area contributed by atoms with Crippen molar-refractivity contribution in [2.45, 2.75) is 65.2 Å². The van der Waals surface area contributed by atoms with Gasteiger partial charge in [0.15, 0.2) is 0 Å². The van der Waals surface area contributed by atoms with Gasteiger partial charge in [0.25, 0.3) is 0 Å². The summed E-state index contributed by atoms with van der Waals surface area (Å²) in [7, 11) is 0. The molecule has 122 valence electrons. The summed E-state index contributed by atoms with van der Waals surface area (Å²) < 4.78 is 38.6. The van der Waals surface area contributed by atoms with Gasteiger partial charge in [-0.1, -0.05) is 34.6 Å². The molecule has 1 N–H and O–H groups in total. The molecule has 1 saturated heterocycles. The molecular formula is C14H23F3N2O2. The van der Waals surface area contributed by atoms with Crippen LogP contribution in [0.1, 0.15) is 47.5 Å². The summed E-state index contributed by atoms with van der Waals surface area (Å²) in [6.07, 6.45) is -4.24. The number of rotatable bonds is 3. The highest BCUT2D eigenvalue weighted by atomic mass is 19.4. The van der Waals surface area contributed by atoms with Gasteiger partial charge in [-0.2, -0.15) is 13.2 Å². The Kier molecular flexibility index (Phi) is 4.65. The summed E-state index contributed by atoms with van der Waals surface area (Å²) in [4.78, 5) is 25.7. The standard InChI is InChI=1S/C14H23F3N2O2/c1-6-13(7-2)11(21)18-9(12(3,4)5)10(20)19(13)8-14(15,16)17/h9H,6-8H2,1-5H3,(H,18,21). The molecule has 1 aliphatic rings. The van der Waals surface area contributed by atoms with E-state index in [-0.39, 0.29) is 12.8 Å². The van der Waals surface area contributed by atoms with Gasteiger partial charge in [-0.05, 0) is 18.3 Å². The Labute approximate surface area is 123 Å². The van der Waals surface area contributed by atoms with Crippen LogP contribution in [0, 0.1) is 5.41 Å². The van der Waals surface area contributed by atoms with Crippen molar-refractivity contribution >= 4 is 11.8 Å². The Hall–Kier alpha value is -1.27. The van der Waals surface area contributed by atoms with Crippen molar-refractivity contribution in [2.75, 3.05) is 6.54 Å². The molecule has 0 aromatic rings. The number of piperazine rings is 1. The van der Waals surface area contributed by atoms with E-state index in [9.17, 15) is 22.8 Å². The molecule has 0 radical (unpaired) electrons. The van der Waals surface area contributed by atoms with Crippen molar-refractivity contribution in [3.8, 4) is 0 Å². The predicted octanol–water partition coefficient (Wildman–Crippen LogP) is 2.48. The SMILES string of the molecule is CCC1(CC)C(=O)NC(C(C)(C)C)C(=O)N1CC(F)(F)F. The molecule has 0 aliphatic carbocycles. The van der Waals surface area contributed by atoms with Crippen LogP contribution in [0.4, 0.5) is 13.2 Å². The lowest BCUT2D eigenvalue weighted by Gasteiger charge is -2.50. The van der Waals surface area contributed by atoms with Gasteiger partial charge < -0.3 is 10.2 Å². The van der Waals surface area contributed by atoms with E-state index in [4.69, 9.17) is 0 Å². The Morgan fingerprint density at radius 3 is 1.95 bits per heavy atom. The molecule has 1 unspecified atom stereocenters. The second kappa shape index (κ2) is 5.50. The molecular weight excluding hydrogens is 285 g/mol. The fourth-order valence-electron chi connectivity index (χ4n) is 2.76. The smallest absolute Gasteiger partial charge is 0.342 e. The maximum atomic E-state index is 12.9. The van der Waals surface area contributed by atoms with E-state index in [0.717, 1.165) is 4.90 Å². The van der Waals surface area contributed by atoms with E-state index < -0.39 is 41.5 Å². The van der Waals surface area contributed by atoms with Crippen LogP contribution in [0.3, 0.4) is 0 Å². The summed E-state index contributed by atoms with van der Waals surface area (Å²) in [6, 6.07) is -0.946. The normalized spacial score (nSPS) is 23.2. The number of halogens is 3. The molecule has 21 heavy (non-hydrogen) atoms. The summed E-state index contributed by atoms with van der Waals surface area (Å²) >= 11 is 0. The second-order valence-electron chi connectivity index (χ2n) is 6.55. The first-order valence-corrected chi connectivity index (χ1v) is 7.08. The zero-order chi connectivity index (χ0) is 16.6. The third-order valence-corrected chi connectivity index (χ3v) is 4.10. The second-order valence-corrected chi connectivity index (χ2v) is 6.55. The van der Waals surface area contributed by atoms with Gasteiger partial charge in [-0.3, -0.25) is 9.59 Å². The van der Waals surface area contributed by atoms with Crippen LogP contribution in [0.25, 0.3) is 0 Å². The molecule has 0 aromatic heterocycles. The van der Waals surface area contributed by atoms with E-state index in [2.05, 4.69) is 5.32 Å². The maximum absolute atomic E-state index is 12.9. The number of carbonyl (C=O) groups excluding carboxylic acids is 2. The van der Waals surface area contributed by atoms with Gasteiger partial charge in [0, 0.05) is 0 Å². The zero-order valence-corrected chi connectivity index (χ0v) is 13.1. The number of nitrogens with zero attached hydrogens (tertiary/aromatic N) is 1. The molecule has 4 nitrogen and oxygen atoms in total. The summed E-state index contributed by atoms with van der Waals surface area (Å²) in [6.45, 7) is 6.99. The monoisotopic (exact) mass is 308 g/mol. The third-order valence-electron chi connectivity index (χ3n) is 4.10. The topological polar surface area (TPSA) is 49.4 Å². The summed E-state index contributed by atoms with van der Waals surface area (Å²) in [5, 5.41) is 2.62. The van der Waals surface area contributed by atoms with E-state index in [0.29, 0.717) is 0 Å². The van der Waals surface area contributed by atoms with Crippen LogP contribution in [-0.4, -0.2) is 41.0 Å². The van der Waals surface area contributed by atoms with Crippen molar-refractivity contribution < 1.29 is 22.8 Å². The highest BCUT2D eigenvalue weighted by Crippen LogP contribution is 2.35. The number of hydrogen-bond acceptors (Lipinski definition) is 2. The Bertz CT molecular complexity index is 423. The summed E-state index contributed by atoms with van der Waals surface area (Å²) in [5.41, 5.74) is -2.07. The van der Waals surface area contributed by atoms with E-state index in [1.165, 1.54) is 0 Å². The highest BCUT2D eigenvalue weighted by molar-refractivity contribution is 6.00. The van der Waals surface area contributed by atoms with Crippen LogP contribution in [0.2, 0.25) is 0 Å². The zero-order valence-electron chi connectivity index (χ0n) is 13.1. The fourth-order valence-corrected chi connectivity index (χ4v) is 2.76. The minimum atomic E-state index is -4.54. The van der Waals surface area contributed by atoms with Crippen LogP contribution in [0.5, 0.6) is 0 Å². The van der Waals surface area contributed by atoms with Gasteiger partial charge in [0.1, 0.15) is 18.1 Å². The number of hydrogen-bond donors (Lipinski definition) is 1. The molecule has 1 rings (SSSR count). The van der Waals surface area contributed by atoms with E-state index in [1.54, 1.807) is 34.6 Å². The molecule has 0 aromatic carbocycles. The number of amides is 2. The lowest BCUT2D eigenvalue weighted by atomic mass is 9.79. The van der Waals surface area contributed by atoms with Crippen LogP contribution < -0.4 is 5.32 Å². The number of alkyl halides is 3.